The van der Waals surface area contributed by atoms with E-state index in [0.717, 1.165) is 37.6 Å². The summed E-state index contributed by atoms with van der Waals surface area (Å²) in [6.45, 7) is 4.84. The lowest BCUT2D eigenvalue weighted by atomic mass is 10.0. The van der Waals surface area contributed by atoms with Gasteiger partial charge in [-0.15, -0.1) is 0 Å². The number of benzene rings is 1. The highest BCUT2D eigenvalue weighted by Crippen LogP contribution is 2.27. The quantitative estimate of drug-likeness (QED) is 0.821. The monoisotopic (exact) mass is 265 g/mol. The second-order valence-corrected chi connectivity index (χ2v) is 4.89. The molecule has 1 fully saturated rings. The van der Waals surface area contributed by atoms with Gasteiger partial charge in [0.2, 0.25) is 0 Å². The number of rotatable bonds is 7. The third-order valence-electron chi connectivity index (χ3n) is 3.31. The van der Waals surface area contributed by atoms with Crippen LogP contribution in [0.2, 0.25) is 0 Å². The summed E-state index contributed by atoms with van der Waals surface area (Å²) in [6, 6.07) is 7.75. The third-order valence-corrected chi connectivity index (χ3v) is 3.31. The second-order valence-electron chi connectivity index (χ2n) is 4.89. The molecule has 0 aliphatic carbocycles. The van der Waals surface area contributed by atoms with E-state index in [1.807, 2.05) is 24.3 Å². The van der Waals surface area contributed by atoms with Gasteiger partial charge in [0, 0.05) is 18.6 Å². The van der Waals surface area contributed by atoms with Crippen molar-refractivity contribution in [3.63, 3.8) is 0 Å². The zero-order chi connectivity index (χ0) is 13.5. The summed E-state index contributed by atoms with van der Waals surface area (Å²) in [6.07, 6.45) is 2.01. The van der Waals surface area contributed by atoms with E-state index in [0.29, 0.717) is 19.1 Å². The highest BCUT2D eigenvalue weighted by Gasteiger charge is 2.23. The van der Waals surface area contributed by atoms with E-state index in [4.69, 9.17) is 19.9 Å². The summed E-state index contributed by atoms with van der Waals surface area (Å²) in [5.41, 5.74) is 6.13. The van der Waals surface area contributed by atoms with Crippen LogP contribution in [0.3, 0.4) is 0 Å². The molecule has 2 atom stereocenters. The SMILES string of the molecule is CCCOc1ccccc1OCC(N)C1CCOC1. The summed E-state index contributed by atoms with van der Waals surface area (Å²) < 4.78 is 16.8. The van der Waals surface area contributed by atoms with Crippen LogP contribution in [0.25, 0.3) is 0 Å². The van der Waals surface area contributed by atoms with Crippen molar-refractivity contribution in [1.29, 1.82) is 0 Å². The summed E-state index contributed by atoms with van der Waals surface area (Å²) >= 11 is 0. The van der Waals surface area contributed by atoms with Crippen LogP contribution in [0.4, 0.5) is 0 Å². The Morgan fingerprint density at radius 3 is 2.68 bits per heavy atom. The van der Waals surface area contributed by atoms with Crippen LogP contribution in [0.15, 0.2) is 24.3 Å². The number of nitrogens with two attached hydrogens (primary N) is 1. The molecule has 1 saturated heterocycles. The van der Waals surface area contributed by atoms with Gasteiger partial charge in [-0.1, -0.05) is 19.1 Å². The van der Waals surface area contributed by atoms with Crippen molar-refractivity contribution in [3.8, 4) is 11.5 Å². The van der Waals surface area contributed by atoms with Gasteiger partial charge < -0.3 is 19.9 Å². The minimum atomic E-state index is 0.0155. The van der Waals surface area contributed by atoms with Gasteiger partial charge in [0.05, 0.1) is 13.2 Å². The molecule has 0 spiro atoms. The van der Waals surface area contributed by atoms with Gasteiger partial charge in [0.25, 0.3) is 0 Å². The van der Waals surface area contributed by atoms with Crippen LogP contribution < -0.4 is 15.2 Å². The van der Waals surface area contributed by atoms with Gasteiger partial charge in [-0.3, -0.25) is 0 Å². The van der Waals surface area contributed by atoms with Crippen LogP contribution >= 0.6 is 0 Å². The third kappa shape index (κ3) is 4.11. The van der Waals surface area contributed by atoms with Crippen LogP contribution in [0.1, 0.15) is 19.8 Å². The molecule has 0 saturated carbocycles. The minimum Gasteiger partial charge on any atom is -0.490 e. The van der Waals surface area contributed by atoms with Crippen LogP contribution in [-0.2, 0) is 4.74 Å². The van der Waals surface area contributed by atoms with Gasteiger partial charge in [-0.2, -0.15) is 0 Å². The average molecular weight is 265 g/mol. The maximum atomic E-state index is 6.13. The number of para-hydroxylation sites is 2. The van der Waals surface area contributed by atoms with Crippen molar-refractivity contribution >= 4 is 0 Å². The maximum Gasteiger partial charge on any atom is 0.161 e. The largest absolute Gasteiger partial charge is 0.490 e. The molecule has 1 aliphatic rings. The Bertz CT molecular complexity index is 377. The van der Waals surface area contributed by atoms with Crippen molar-refractivity contribution in [2.75, 3.05) is 26.4 Å². The molecule has 4 nitrogen and oxygen atoms in total. The Hall–Kier alpha value is -1.26. The summed E-state index contributed by atoms with van der Waals surface area (Å²) in [5, 5.41) is 0. The van der Waals surface area contributed by atoms with E-state index in [1.165, 1.54) is 0 Å². The van der Waals surface area contributed by atoms with E-state index in [9.17, 15) is 0 Å². The van der Waals surface area contributed by atoms with E-state index >= 15 is 0 Å². The summed E-state index contributed by atoms with van der Waals surface area (Å²) in [4.78, 5) is 0. The average Bonchev–Trinajstić information content (AvgIpc) is 2.97. The van der Waals surface area contributed by atoms with Crippen molar-refractivity contribution in [1.82, 2.24) is 0 Å². The van der Waals surface area contributed by atoms with Crippen LogP contribution in [-0.4, -0.2) is 32.5 Å². The molecule has 19 heavy (non-hydrogen) atoms. The fourth-order valence-corrected chi connectivity index (χ4v) is 2.11. The smallest absolute Gasteiger partial charge is 0.161 e. The molecule has 1 heterocycles. The lowest BCUT2D eigenvalue weighted by molar-refractivity contribution is 0.168. The Labute approximate surface area is 114 Å². The molecule has 1 aliphatic heterocycles. The van der Waals surface area contributed by atoms with Gasteiger partial charge in [-0.05, 0) is 25.0 Å². The minimum absolute atomic E-state index is 0.0155. The molecule has 2 N–H and O–H groups in total. The predicted octanol–water partition coefficient (Wildman–Crippen LogP) is 2.22. The Morgan fingerprint density at radius 1 is 1.32 bits per heavy atom. The molecule has 2 rings (SSSR count). The number of ether oxygens (including phenoxy) is 3. The molecule has 0 bridgehead atoms. The lowest BCUT2D eigenvalue weighted by Gasteiger charge is -2.19. The van der Waals surface area contributed by atoms with E-state index in [1.54, 1.807) is 0 Å². The standard InChI is InChI=1S/C15H23NO3/c1-2-8-18-14-5-3-4-6-15(14)19-11-13(16)12-7-9-17-10-12/h3-6,12-13H,2,7-11,16H2,1H3. The Morgan fingerprint density at radius 2 is 2.05 bits per heavy atom. The van der Waals surface area contributed by atoms with E-state index < -0.39 is 0 Å². The molecule has 4 heteroatoms. The molecule has 1 aromatic carbocycles. The highest BCUT2D eigenvalue weighted by molar-refractivity contribution is 5.39. The molecule has 0 aromatic heterocycles. The first-order valence-corrected chi connectivity index (χ1v) is 6.99. The van der Waals surface area contributed by atoms with Crippen LogP contribution in [0, 0.1) is 5.92 Å². The number of hydrogen-bond donors (Lipinski definition) is 1. The maximum absolute atomic E-state index is 6.13. The molecule has 0 amide bonds. The molecule has 1 aromatic rings. The van der Waals surface area contributed by atoms with Gasteiger partial charge >= 0.3 is 0 Å². The molecular formula is C15H23NO3. The topological polar surface area (TPSA) is 53.7 Å². The highest BCUT2D eigenvalue weighted by atomic mass is 16.5. The normalized spacial score (nSPS) is 20.2. The second kappa shape index (κ2) is 7.36. The molecular weight excluding hydrogens is 242 g/mol. The fourth-order valence-electron chi connectivity index (χ4n) is 2.11. The van der Waals surface area contributed by atoms with Crippen molar-refractivity contribution in [2.45, 2.75) is 25.8 Å². The Balaban J connectivity index is 1.87. The van der Waals surface area contributed by atoms with E-state index in [2.05, 4.69) is 6.92 Å². The Kier molecular flexibility index (Phi) is 5.48. The molecule has 2 unspecified atom stereocenters. The van der Waals surface area contributed by atoms with Crippen molar-refractivity contribution in [3.05, 3.63) is 24.3 Å². The van der Waals surface area contributed by atoms with Gasteiger partial charge in [-0.25, -0.2) is 0 Å². The first-order valence-electron chi connectivity index (χ1n) is 6.99. The molecule has 0 radical (unpaired) electrons. The summed E-state index contributed by atoms with van der Waals surface area (Å²) in [7, 11) is 0. The zero-order valence-electron chi connectivity index (χ0n) is 11.5. The van der Waals surface area contributed by atoms with Gasteiger partial charge in [0.1, 0.15) is 6.61 Å². The fraction of sp³-hybridized carbons (Fsp3) is 0.600. The first kappa shape index (κ1) is 14.2. The van der Waals surface area contributed by atoms with Gasteiger partial charge in [0.15, 0.2) is 11.5 Å². The zero-order valence-corrected chi connectivity index (χ0v) is 11.5. The van der Waals surface area contributed by atoms with E-state index in [-0.39, 0.29) is 6.04 Å². The molecule has 106 valence electrons. The first-order chi connectivity index (χ1) is 9.31. The predicted molar refractivity (Wildman–Crippen MR) is 74.6 cm³/mol. The van der Waals surface area contributed by atoms with Crippen molar-refractivity contribution in [2.24, 2.45) is 11.7 Å². The van der Waals surface area contributed by atoms with Crippen molar-refractivity contribution < 1.29 is 14.2 Å². The van der Waals surface area contributed by atoms with Crippen LogP contribution in [0.5, 0.6) is 11.5 Å². The summed E-state index contributed by atoms with van der Waals surface area (Å²) in [5.74, 6) is 1.97. The number of hydrogen-bond acceptors (Lipinski definition) is 4. The lowest BCUT2D eigenvalue weighted by Crippen LogP contribution is -2.36.